The number of Topliss-reactive ketones (excluding diaryl/α,β-unsaturated/α-hetero) is 1. The number of piperidine rings is 1. The third kappa shape index (κ3) is 5.94. The quantitative estimate of drug-likeness (QED) is 0.368. The van der Waals surface area contributed by atoms with Gasteiger partial charge in [-0.05, 0) is 42.7 Å². The Morgan fingerprint density at radius 2 is 1.73 bits per heavy atom. The van der Waals surface area contributed by atoms with E-state index in [1.165, 1.54) is 12.1 Å². The lowest BCUT2D eigenvalue weighted by Gasteiger charge is -2.30. The van der Waals surface area contributed by atoms with Gasteiger partial charge in [0.2, 0.25) is 11.7 Å². The molecule has 0 bridgehead atoms. The van der Waals surface area contributed by atoms with Crippen molar-refractivity contribution in [1.29, 1.82) is 0 Å². The number of likely N-dealkylation sites (tertiary alicyclic amines) is 1. The molecule has 1 aliphatic heterocycles. The Kier molecular flexibility index (Phi) is 7.66. The van der Waals surface area contributed by atoms with E-state index in [4.69, 9.17) is 27.9 Å². The van der Waals surface area contributed by atoms with Crippen molar-refractivity contribution in [3.05, 3.63) is 75.8 Å². The van der Waals surface area contributed by atoms with Crippen molar-refractivity contribution in [3.8, 4) is 0 Å². The molecular weight excluding hydrogens is 425 g/mol. The zero-order chi connectivity index (χ0) is 21.5. The molecule has 0 atom stereocenters. The standard InChI is InChI=1S/C23H21Cl2NO4/c24-18-7-8-19(20(25)14-18)21(27)15-30-23(29)17-10-12-26(13-11-17)22(28)9-6-16-4-2-1-3-5-16/h1-9,14,17H,10-13,15H2/b9-6+. The lowest BCUT2D eigenvalue weighted by Crippen LogP contribution is -2.40. The maximum Gasteiger partial charge on any atom is 0.309 e. The van der Waals surface area contributed by atoms with Crippen molar-refractivity contribution < 1.29 is 19.1 Å². The molecule has 0 aromatic heterocycles. The van der Waals surface area contributed by atoms with Gasteiger partial charge in [0.15, 0.2) is 6.61 Å². The fourth-order valence-electron chi connectivity index (χ4n) is 3.22. The molecule has 30 heavy (non-hydrogen) atoms. The van der Waals surface area contributed by atoms with Gasteiger partial charge in [-0.15, -0.1) is 0 Å². The summed E-state index contributed by atoms with van der Waals surface area (Å²) in [5.74, 6) is -1.23. The van der Waals surface area contributed by atoms with Gasteiger partial charge in [-0.1, -0.05) is 53.5 Å². The summed E-state index contributed by atoms with van der Waals surface area (Å²) in [6.45, 7) is 0.558. The number of ether oxygens (including phenoxy) is 1. The zero-order valence-electron chi connectivity index (χ0n) is 16.2. The van der Waals surface area contributed by atoms with Crippen LogP contribution in [0.2, 0.25) is 10.0 Å². The summed E-state index contributed by atoms with van der Waals surface area (Å²) in [5.41, 5.74) is 1.22. The van der Waals surface area contributed by atoms with E-state index in [0.717, 1.165) is 5.56 Å². The Morgan fingerprint density at radius 3 is 2.40 bits per heavy atom. The third-order valence-electron chi connectivity index (χ3n) is 4.93. The Morgan fingerprint density at radius 1 is 1.03 bits per heavy atom. The number of ketones is 1. The molecule has 1 fully saturated rings. The fraction of sp³-hybridized carbons (Fsp3) is 0.261. The number of carbonyl (C=O) groups excluding carboxylic acids is 3. The first-order chi connectivity index (χ1) is 14.4. The second-order valence-corrected chi connectivity index (χ2v) is 7.84. The van der Waals surface area contributed by atoms with Crippen LogP contribution in [0, 0.1) is 5.92 Å². The fourth-order valence-corrected chi connectivity index (χ4v) is 3.73. The summed E-state index contributed by atoms with van der Waals surface area (Å²) in [6, 6.07) is 14.1. The molecule has 0 aliphatic carbocycles. The first-order valence-electron chi connectivity index (χ1n) is 9.61. The van der Waals surface area contributed by atoms with Crippen molar-refractivity contribution in [2.75, 3.05) is 19.7 Å². The first kappa shape index (κ1) is 22.1. The van der Waals surface area contributed by atoms with Crippen molar-refractivity contribution >= 4 is 46.9 Å². The summed E-state index contributed by atoms with van der Waals surface area (Å²) in [7, 11) is 0. The molecule has 0 radical (unpaired) electrons. The van der Waals surface area contributed by atoms with Crippen molar-refractivity contribution in [3.63, 3.8) is 0 Å². The van der Waals surface area contributed by atoms with Crippen LogP contribution in [-0.4, -0.2) is 42.3 Å². The molecule has 0 unspecified atom stereocenters. The van der Waals surface area contributed by atoms with Crippen LogP contribution in [0.1, 0.15) is 28.8 Å². The van der Waals surface area contributed by atoms with E-state index in [2.05, 4.69) is 0 Å². The number of amides is 1. The molecule has 7 heteroatoms. The molecule has 2 aromatic carbocycles. The molecule has 1 saturated heterocycles. The van der Waals surface area contributed by atoms with E-state index in [9.17, 15) is 14.4 Å². The molecule has 1 amide bonds. The first-order valence-corrected chi connectivity index (χ1v) is 10.4. The highest BCUT2D eigenvalue weighted by Crippen LogP contribution is 2.22. The molecule has 0 spiro atoms. The van der Waals surface area contributed by atoms with Gasteiger partial charge in [0.05, 0.1) is 10.9 Å². The summed E-state index contributed by atoms with van der Waals surface area (Å²) in [4.78, 5) is 38.6. The SMILES string of the molecule is O=C(COC(=O)C1CCN(C(=O)/C=C/c2ccccc2)CC1)c1ccc(Cl)cc1Cl. The summed E-state index contributed by atoms with van der Waals surface area (Å²) < 4.78 is 5.19. The number of carbonyl (C=O) groups is 3. The molecule has 2 aromatic rings. The van der Waals surface area contributed by atoms with Gasteiger partial charge in [0, 0.05) is 29.8 Å². The van der Waals surface area contributed by atoms with Gasteiger partial charge < -0.3 is 9.64 Å². The molecule has 0 N–H and O–H groups in total. The number of esters is 1. The average Bonchev–Trinajstić information content (AvgIpc) is 2.76. The van der Waals surface area contributed by atoms with Crippen molar-refractivity contribution in [2.45, 2.75) is 12.8 Å². The largest absolute Gasteiger partial charge is 0.457 e. The minimum Gasteiger partial charge on any atom is -0.457 e. The highest BCUT2D eigenvalue weighted by molar-refractivity contribution is 6.36. The maximum atomic E-state index is 12.3. The van der Waals surface area contributed by atoms with Gasteiger partial charge in [0.25, 0.3) is 0 Å². The van der Waals surface area contributed by atoms with E-state index in [0.29, 0.717) is 31.0 Å². The Balaban J connectivity index is 1.45. The van der Waals surface area contributed by atoms with Crippen molar-refractivity contribution in [1.82, 2.24) is 4.90 Å². The predicted octanol–water partition coefficient (Wildman–Crippen LogP) is 4.67. The van der Waals surface area contributed by atoms with Crippen LogP contribution in [0.3, 0.4) is 0 Å². The minimum atomic E-state index is -0.430. The molecule has 3 rings (SSSR count). The van der Waals surface area contributed by atoms with Gasteiger partial charge in [0.1, 0.15) is 0 Å². The molecular formula is C23H21Cl2NO4. The molecule has 1 heterocycles. The minimum absolute atomic E-state index is 0.0850. The number of rotatable bonds is 6. The Bertz CT molecular complexity index is 951. The molecule has 0 saturated carbocycles. The summed E-state index contributed by atoms with van der Waals surface area (Å²) >= 11 is 11.8. The normalized spacial score (nSPS) is 14.7. The molecule has 156 valence electrons. The smallest absolute Gasteiger partial charge is 0.309 e. The maximum absolute atomic E-state index is 12.3. The lowest BCUT2D eigenvalue weighted by atomic mass is 9.97. The van der Waals surface area contributed by atoms with Crippen LogP contribution in [0.25, 0.3) is 6.08 Å². The van der Waals surface area contributed by atoms with E-state index in [-0.39, 0.29) is 34.8 Å². The highest BCUT2D eigenvalue weighted by atomic mass is 35.5. The topological polar surface area (TPSA) is 63.7 Å². The summed E-state index contributed by atoms with van der Waals surface area (Å²) in [6.07, 6.45) is 4.32. The second-order valence-electron chi connectivity index (χ2n) is 7.00. The van der Waals surface area contributed by atoms with Gasteiger partial charge in [-0.25, -0.2) is 0 Å². The van der Waals surface area contributed by atoms with Crippen LogP contribution in [0.4, 0.5) is 0 Å². The predicted molar refractivity (Wildman–Crippen MR) is 117 cm³/mol. The molecule has 1 aliphatic rings. The van der Waals surface area contributed by atoms with E-state index >= 15 is 0 Å². The average molecular weight is 446 g/mol. The number of halogens is 2. The van der Waals surface area contributed by atoms with Gasteiger partial charge >= 0.3 is 5.97 Å². The van der Waals surface area contributed by atoms with Crippen LogP contribution >= 0.6 is 23.2 Å². The van der Waals surface area contributed by atoms with Crippen molar-refractivity contribution in [2.24, 2.45) is 5.92 Å². The third-order valence-corrected chi connectivity index (χ3v) is 5.48. The van der Waals surface area contributed by atoms with E-state index in [1.807, 2.05) is 30.3 Å². The van der Waals surface area contributed by atoms with Crippen LogP contribution in [0.5, 0.6) is 0 Å². The number of nitrogens with zero attached hydrogens (tertiary/aromatic N) is 1. The van der Waals surface area contributed by atoms with Crippen LogP contribution in [0.15, 0.2) is 54.6 Å². The van der Waals surface area contributed by atoms with Gasteiger partial charge in [-0.3, -0.25) is 14.4 Å². The van der Waals surface area contributed by atoms with Crippen LogP contribution < -0.4 is 0 Å². The van der Waals surface area contributed by atoms with Crippen LogP contribution in [-0.2, 0) is 14.3 Å². The van der Waals surface area contributed by atoms with Gasteiger partial charge in [-0.2, -0.15) is 0 Å². The Hall–Kier alpha value is -2.63. The highest BCUT2D eigenvalue weighted by Gasteiger charge is 2.28. The monoisotopic (exact) mass is 445 g/mol. The molecule has 5 nitrogen and oxygen atoms in total. The number of benzene rings is 2. The Labute approximate surface area is 185 Å². The van der Waals surface area contributed by atoms with E-state index < -0.39 is 5.97 Å². The number of hydrogen-bond donors (Lipinski definition) is 0. The number of hydrogen-bond acceptors (Lipinski definition) is 4. The zero-order valence-corrected chi connectivity index (χ0v) is 17.7. The lowest BCUT2D eigenvalue weighted by molar-refractivity contribution is -0.150. The summed E-state index contributed by atoms with van der Waals surface area (Å²) in [5, 5.41) is 0.646. The second kappa shape index (κ2) is 10.4. The van der Waals surface area contributed by atoms with E-state index in [1.54, 1.807) is 23.1 Å².